The highest BCUT2D eigenvalue weighted by Crippen LogP contribution is 2.22. The van der Waals surface area contributed by atoms with Crippen molar-refractivity contribution in [2.75, 3.05) is 0 Å². The molecule has 1 rings (SSSR count). The lowest BCUT2D eigenvalue weighted by atomic mass is 9.88. The van der Waals surface area contributed by atoms with Crippen molar-refractivity contribution in [1.82, 2.24) is 5.32 Å². The van der Waals surface area contributed by atoms with Gasteiger partial charge in [-0.3, -0.25) is 9.59 Å². The Morgan fingerprint density at radius 3 is 2.38 bits per heavy atom. The van der Waals surface area contributed by atoms with Gasteiger partial charge in [0.05, 0.1) is 11.8 Å². The van der Waals surface area contributed by atoms with Crippen molar-refractivity contribution in [1.29, 1.82) is 0 Å². The summed E-state index contributed by atoms with van der Waals surface area (Å²) < 4.78 is 0. The highest BCUT2D eigenvalue weighted by molar-refractivity contribution is 5.94. The van der Waals surface area contributed by atoms with Crippen LogP contribution < -0.4 is 11.1 Å². The van der Waals surface area contributed by atoms with Crippen LogP contribution in [0.3, 0.4) is 0 Å². The predicted octanol–water partition coefficient (Wildman–Crippen LogP) is -0.0192. The average molecular weight is 183 g/mol. The van der Waals surface area contributed by atoms with Crippen LogP contribution in [0.5, 0.6) is 0 Å². The molecule has 1 aliphatic carbocycles. The minimum absolute atomic E-state index is 0.202. The highest BCUT2D eigenvalue weighted by atomic mass is 16.2. The van der Waals surface area contributed by atoms with Crippen LogP contribution in [0.15, 0.2) is 0 Å². The zero-order chi connectivity index (χ0) is 10.1. The molecule has 0 aliphatic heterocycles. The van der Waals surface area contributed by atoms with Gasteiger partial charge in [0.1, 0.15) is 0 Å². The number of nitrogens with two attached hydrogens (primary N) is 1. The summed E-state index contributed by atoms with van der Waals surface area (Å²) in [4.78, 5) is 22.1. The van der Waals surface area contributed by atoms with Crippen molar-refractivity contribution in [3.05, 3.63) is 6.42 Å². The summed E-state index contributed by atoms with van der Waals surface area (Å²) in [6.07, 6.45) is 3.42. The first-order valence-electron chi connectivity index (χ1n) is 4.38. The number of rotatable bonds is 4. The number of hydrogen-bond acceptors (Lipinski definition) is 2. The van der Waals surface area contributed by atoms with Crippen LogP contribution in [-0.2, 0) is 9.59 Å². The Morgan fingerprint density at radius 1 is 1.46 bits per heavy atom. The molecule has 0 bridgehead atoms. The molecule has 1 saturated carbocycles. The van der Waals surface area contributed by atoms with E-state index in [9.17, 15) is 9.59 Å². The Morgan fingerprint density at radius 2 is 2.00 bits per heavy atom. The van der Waals surface area contributed by atoms with E-state index < -0.39 is 11.3 Å². The molecule has 1 fully saturated rings. The van der Waals surface area contributed by atoms with Crippen LogP contribution in [0.2, 0.25) is 0 Å². The van der Waals surface area contributed by atoms with Gasteiger partial charge in [0.15, 0.2) is 0 Å². The third-order valence-electron chi connectivity index (χ3n) is 2.05. The first-order valence-corrected chi connectivity index (χ1v) is 4.38. The molecule has 0 unspecified atom stereocenters. The second-order valence-electron chi connectivity index (χ2n) is 4.01. The fourth-order valence-corrected chi connectivity index (χ4v) is 0.869. The van der Waals surface area contributed by atoms with Crippen LogP contribution in [0.25, 0.3) is 0 Å². The van der Waals surface area contributed by atoms with Gasteiger partial charge < -0.3 is 11.1 Å². The molecule has 0 aromatic carbocycles. The monoisotopic (exact) mass is 183 g/mol. The Hall–Kier alpha value is -1.06. The number of primary amides is 1. The highest BCUT2D eigenvalue weighted by Gasteiger charge is 2.31. The minimum Gasteiger partial charge on any atom is -0.369 e. The van der Waals surface area contributed by atoms with Gasteiger partial charge >= 0.3 is 0 Å². The smallest absolute Gasteiger partial charge is 0.225 e. The summed E-state index contributed by atoms with van der Waals surface area (Å²) in [6.45, 7) is 3.25. The fourth-order valence-electron chi connectivity index (χ4n) is 0.869. The van der Waals surface area contributed by atoms with Crippen molar-refractivity contribution in [3.63, 3.8) is 0 Å². The van der Waals surface area contributed by atoms with Gasteiger partial charge in [0, 0.05) is 6.04 Å². The van der Waals surface area contributed by atoms with E-state index in [0.29, 0.717) is 6.04 Å². The van der Waals surface area contributed by atoms with Crippen molar-refractivity contribution in [2.24, 2.45) is 11.1 Å². The summed E-state index contributed by atoms with van der Waals surface area (Å²) in [5, 5.41) is 2.76. The maximum Gasteiger partial charge on any atom is 0.225 e. The third kappa shape index (κ3) is 3.05. The predicted molar refractivity (Wildman–Crippen MR) is 48.4 cm³/mol. The van der Waals surface area contributed by atoms with E-state index in [1.165, 1.54) is 6.42 Å². The number of nitrogens with one attached hydrogen (secondary N) is 1. The van der Waals surface area contributed by atoms with Crippen LogP contribution in [0.4, 0.5) is 0 Å². The van der Waals surface area contributed by atoms with Gasteiger partial charge in [-0.15, -0.1) is 0 Å². The Bertz CT molecular complexity index is 232. The van der Waals surface area contributed by atoms with E-state index in [-0.39, 0.29) is 5.91 Å². The standard InChI is InChI=1S/C9H15N2O2/c1-9(2,8(10)13)5-7(12)11-6-3-4-6/h5-6H,3-4H2,1-2H3,(H2,10,13)(H,11,12). The first-order chi connectivity index (χ1) is 5.92. The molecule has 2 amide bonds. The van der Waals surface area contributed by atoms with Gasteiger partial charge in [-0.05, 0) is 12.8 Å². The number of hydrogen-bond donors (Lipinski definition) is 2. The Labute approximate surface area is 77.9 Å². The van der Waals surface area contributed by atoms with Gasteiger partial charge in [-0.2, -0.15) is 0 Å². The molecule has 0 aromatic rings. The van der Waals surface area contributed by atoms with Crippen molar-refractivity contribution < 1.29 is 9.59 Å². The minimum atomic E-state index is -0.862. The quantitative estimate of drug-likeness (QED) is 0.643. The molecule has 73 valence electrons. The second kappa shape index (κ2) is 3.36. The SMILES string of the molecule is CC(C)([CH]C(=O)NC1CC1)C(N)=O. The van der Waals surface area contributed by atoms with Gasteiger partial charge in [-0.1, -0.05) is 13.8 Å². The summed E-state index contributed by atoms with van der Waals surface area (Å²) in [6, 6.07) is 0.312. The van der Waals surface area contributed by atoms with E-state index in [2.05, 4.69) is 5.32 Å². The zero-order valence-electron chi connectivity index (χ0n) is 7.96. The molecular formula is C9H15N2O2. The summed E-state index contributed by atoms with van der Waals surface area (Å²) in [5.74, 6) is -0.690. The maximum atomic E-state index is 11.2. The summed E-state index contributed by atoms with van der Waals surface area (Å²) >= 11 is 0. The number of carbonyl (C=O) groups is 2. The van der Waals surface area contributed by atoms with Crippen LogP contribution >= 0.6 is 0 Å². The molecule has 4 nitrogen and oxygen atoms in total. The molecule has 1 aliphatic rings. The fraction of sp³-hybridized carbons (Fsp3) is 0.667. The van der Waals surface area contributed by atoms with Gasteiger partial charge in [0.2, 0.25) is 11.8 Å². The lowest BCUT2D eigenvalue weighted by molar-refractivity contribution is -0.128. The Kier molecular flexibility index (Phi) is 2.59. The average Bonchev–Trinajstić information content (AvgIpc) is 2.69. The molecule has 0 atom stereocenters. The summed E-state index contributed by atoms with van der Waals surface area (Å²) in [7, 11) is 0. The zero-order valence-corrected chi connectivity index (χ0v) is 7.96. The second-order valence-corrected chi connectivity index (χ2v) is 4.01. The molecule has 13 heavy (non-hydrogen) atoms. The third-order valence-corrected chi connectivity index (χ3v) is 2.05. The molecule has 3 N–H and O–H groups in total. The Balaban J connectivity index is 2.36. The van der Waals surface area contributed by atoms with E-state index in [1.54, 1.807) is 13.8 Å². The van der Waals surface area contributed by atoms with Crippen molar-refractivity contribution in [2.45, 2.75) is 32.7 Å². The van der Waals surface area contributed by atoms with Crippen LogP contribution in [0.1, 0.15) is 26.7 Å². The first kappa shape index (κ1) is 10.0. The molecule has 0 spiro atoms. The summed E-state index contributed by atoms with van der Waals surface area (Å²) in [5.41, 5.74) is 4.25. The van der Waals surface area contributed by atoms with Crippen molar-refractivity contribution >= 4 is 11.8 Å². The molecule has 0 heterocycles. The van der Waals surface area contributed by atoms with Gasteiger partial charge in [0.25, 0.3) is 0 Å². The van der Waals surface area contributed by atoms with E-state index in [0.717, 1.165) is 12.8 Å². The molecule has 4 heteroatoms. The van der Waals surface area contributed by atoms with E-state index in [4.69, 9.17) is 5.73 Å². The maximum absolute atomic E-state index is 11.2. The lowest BCUT2D eigenvalue weighted by Crippen LogP contribution is -2.38. The van der Waals surface area contributed by atoms with E-state index in [1.807, 2.05) is 0 Å². The topological polar surface area (TPSA) is 72.2 Å². The van der Waals surface area contributed by atoms with Crippen LogP contribution in [-0.4, -0.2) is 17.9 Å². The lowest BCUT2D eigenvalue weighted by Gasteiger charge is -2.18. The van der Waals surface area contributed by atoms with Crippen LogP contribution in [0, 0.1) is 11.8 Å². The van der Waals surface area contributed by atoms with Gasteiger partial charge in [-0.25, -0.2) is 0 Å². The number of carbonyl (C=O) groups excluding carboxylic acids is 2. The van der Waals surface area contributed by atoms with Crippen molar-refractivity contribution in [3.8, 4) is 0 Å². The largest absolute Gasteiger partial charge is 0.369 e. The van der Waals surface area contributed by atoms with E-state index >= 15 is 0 Å². The number of amides is 2. The molecule has 1 radical (unpaired) electrons. The molecular weight excluding hydrogens is 168 g/mol. The molecule has 0 saturated heterocycles. The normalized spacial score (nSPS) is 16.8. The molecule has 0 aromatic heterocycles.